The minimum atomic E-state index is 0.753. The molecule has 4 nitrogen and oxygen atoms in total. The second kappa shape index (κ2) is 4.88. The van der Waals surface area contributed by atoms with E-state index < -0.39 is 0 Å². The van der Waals surface area contributed by atoms with E-state index in [1.54, 1.807) is 28.5 Å². The number of benzene rings is 1. The largest absolute Gasteiger partial charge is 0.384 e. The standard InChI is InChI=1S/C13H13N3OS/c1-17-7-6-10-2-4-11(5-3-10)12-8-16-13(15-12)18-9-14-16/h2-5,8-9H,6-7H2,1H3. The molecule has 0 saturated carbocycles. The third-order valence-electron chi connectivity index (χ3n) is 2.83. The number of nitrogens with zero attached hydrogens (tertiary/aromatic N) is 3. The second-order valence-corrected chi connectivity index (χ2v) is 4.84. The maximum Gasteiger partial charge on any atom is 0.212 e. The van der Waals surface area contributed by atoms with Gasteiger partial charge in [0, 0.05) is 12.7 Å². The Balaban J connectivity index is 1.85. The molecule has 0 aliphatic carbocycles. The summed E-state index contributed by atoms with van der Waals surface area (Å²) in [5.41, 5.74) is 5.15. The van der Waals surface area contributed by atoms with E-state index in [0.717, 1.165) is 29.2 Å². The van der Waals surface area contributed by atoms with Gasteiger partial charge in [-0.25, -0.2) is 9.50 Å². The Morgan fingerprint density at radius 1 is 1.28 bits per heavy atom. The van der Waals surface area contributed by atoms with Crippen molar-refractivity contribution < 1.29 is 4.74 Å². The van der Waals surface area contributed by atoms with Gasteiger partial charge in [-0.2, -0.15) is 5.10 Å². The quantitative estimate of drug-likeness (QED) is 0.723. The van der Waals surface area contributed by atoms with Gasteiger partial charge >= 0.3 is 0 Å². The van der Waals surface area contributed by atoms with E-state index in [1.165, 1.54) is 5.56 Å². The van der Waals surface area contributed by atoms with Gasteiger partial charge in [-0.15, -0.1) is 0 Å². The monoisotopic (exact) mass is 259 g/mol. The number of aromatic nitrogens is 3. The normalized spacial score (nSPS) is 11.2. The van der Waals surface area contributed by atoms with Gasteiger partial charge in [-0.3, -0.25) is 0 Å². The Morgan fingerprint density at radius 3 is 2.83 bits per heavy atom. The molecule has 0 bridgehead atoms. The highest BCUT2D eigenvalue weighted by atomic mass is 32.1. The molecule has 18 heavy (non-hydrogen) atoms. The van der Waals surface area contributed by atoms with E-state index in [4.69, 9.17) is 4.74 Å². The van der Waals surface area contributed by atoms with Crippen LogP contribution in [0.4, 0.5) is 0 Å². The van der Waals surface area contributed by atoms with Crippen molar-refractivity contribution in [2.45, 2.75) is 6.42 Å². The Hall–Kier alpha value is -1.72. The zero-order valence-corrected chi connectivity index (χ0v) is 10.9. The summed E-state index contributed by atoms with van der Waals surface area (Å²) in [4.78, 5) is 5.45. The number of rotatable bonds is 4. The van der Waals surface area contributed by atoms with E-state index in [0.29, 0.717) is 0 Å². The van der Waals surface area contributed by atoms with E-state index in [1.807, 2.05) is 6.20 Å². The molecule has 0 unspecified atom stereocenters. The first kappa shape index (κ1) is 11.4. The van der Waals surface area contributed by atoms with E-state index in [-0.39, 0.29) is 0 Å². The molecule has 0 saturated heterocycles. The average Bonchev–Trinajstić information content (AvgIpc) is 2.97. The predicted octanol–water partition coefficient (Wildman–Crippen LogP) is 2.65. The number of imidazole rings is 1. The highest BCUT2D eigenvalue weighted by molar-refractivity contribution is 7.14. The van der Waals surface area contributed by atoms with E-state index >= 15 is 0 Å². The smallest absolute Gasteiger partial charge is 0.212 e. The molecular weight excluding hydrogens is 246 g/mol. The summed E-state index contributed by atoms with van der Waals surface area (Å²) < 4.78 is 6.87. The van der Waals surface area contributed by atoms with Crippen LogP contribution in [0.25, 0.3) is 16.2 Å². The Labute approximate surface area is 109 Å². The van der Waals surface area contributed by atoms with Crippen molar-refractivity contribution in [1.82, 2.24) is 14.6 Å². The van der Waals surface area contributed by atoms with Crippen LogP contribution in [0.5, 0.6) is 0 Å². The van der Waals surface area contributed by atoms with Crippen LogP contribution >= 0.6 is 11.3 Å². The fourth-order valence-electron chi connectivity index (χ4n) is 1.84. The summed E-state index contributed by atoms with van der Waals surface area (Å²) in [7, 11) is 1.72. The summed E-state index contributed by atoms with van der Waals surface area (Å²) in [6.07, 6.45) is 2.90. The zero-order chi connectivity index (χ0) is 12.4. The summed E-state index contributed by atoms with van der Waals surface area (Å²) in [6, 6.07) is 8.43. The number of hydrogen-bond donors (Lipinski definition) is 0. The van der Waals surface area contributed by atoms with Crippen molar-refractivity contribution in [2.75, 3.05) is 13.7 Å². The second-order valence-electron chi connectivity index (χ2n) is 4.03. The highest BCUT2D eigenvalue weighted by Gasteiger charge is 2.05. The van der Waals surface area contributed by atoms with Crippen LogP contribution in [-0.4, -0.2) is 28.3 Å². The van der Waals surface area contributed by atoms with Gasteiger partial charge in [0.05, 0.1) is 18.5 Å². The van der Waals surface area contributed by atoms with E-state index in [9.17, 15) is 0 Å². The van der Waals surface area contributed by atoms with Gasteiger partial charge < -0.3 is 4.74 Å². The molecule has 1 aromatic carbocycles. The molecule has 0 radical (unpaired) electrons. The SMILES string of the molecule is COCCc1ccc(-c2cn3ncsc3n2)cc1. The minimum absolute atomic E-state index is 0.753. The molecule has 0 aliphatic heterocycles. The number of methoxy groups -OCH3 is 1. The van der Waals surface area contributed by atoms with Crippen molar-refractivity contribution >= 4 is 16.3 Å². The molecule has 3 aromatic rings. The van der Waals surface area contributed by atoms with Gasteiger partial charge in [-0.05, 0) is 12.0 Å². The van der Waals surface area contributed by atoms with Crippen LogP contribution in [0.15, 0.2) is 36.0 Å². The lowest BCUT2D eigenvalue weighted by Gasteiger charge is -2.01. The van der Waals surface area contributed by atoms with Crippen LogP contribution in [-0.2, 0) is 11.2 Å². The van der Waals surface area contributed by atoms with Crippen molar-refractivity contribution in [1.29, 1.82) is 0 Å². The van der Waals surface area contributed by atoms with Crippen molar-refractivity contribution in [3.8, 4) is 11.3 Å². The van der Waals surface area contributed by atoms with Gasteiger partial charge in [-0.1, -0.05) is 35.6 Å². The fraction of sp³-hybridized carbons (Fsp3) is 0.231. The van der Waals surface area contributed by atoms with Crippen LogP contribution in [0.1, 0.15) is 5.56 Å². The van der Waals surface area contributed by atoms with Gasteiger partial charge in [0.2, 0.25) is 4.96 Å². The maximum atomic E-state index is 5.07. The number of hydrogen-bond acceptors (Lipinski definition) is 4. The van der Waals surface area contributed by atoms with Crippen LogP contribution < -0.4 is 0 Å². The Bertz CT molecular complexity index is 613. The molecule has 5 heteroatoms. The maximum absolute atomic E-state index is 5.07. The molecule has 2 heterocycles. The molecule has 92 valence electrons. The average molecular weight is 259 g/mol. The summed E-state index contributed by atoms with van der Waals surface area (Å²) in [5.74, 6) is 0. The molecule has 0 atom stereocenters. The first-order valence-corrected chi connectivity index (χ1v) is 6.62. The molecule has 2 aromatic heterocycles. The number of ether oxygens (including phenoxy) is 1. The molecule has 3 rings (SSSR count). The van der Waals surface area contributed by atoms with E-state index in [2.05, 4.69) is 34.3 Å². The summed E-state index contributed by atoms with van der Waals surface area (Å²) in [5, 5.41) is 4.18. The molecule has 0 aliphatic rings. The highest BCUT2D eigenvalue weighted by Crippen LogP contribution is 2.20. The first-order chi connectivity index (χ1) is 8.86. The topological polar surface area (TPSA) is 39.4 Å². The lowest BCUT2D eigenvalue weighted by molar-refractivity contribution is 0.202. The lowest BCUT2D eigenvalue weighted by atomic mass is 10.1. The molecule has 0 spiro atoms. The van der Waals surface area contributed by atoms with Gasteiger partial charge in [0.1, 0.15) is 5.51 Å². The third-order valence-corrected chi connectivity index (χ3v) is 3.52. The Kier molecular flexibility index (Phi) is 3.08. The van der Waals surface area contributed by atoms with Gasteiger partial charge in [0.25, 0.3) is 0 Å². The van der Waals surface area contributed by atoms with Crippen molar-refractivity contribution in [2.24, 2.45) is 0 Å². The number of fused-ring (bicyclic) bond motifs is 1. The molecule has 0 amide bonds. The minimum Gasteiger partial charge on any atom is -0.384 e. The lowest BCUT2D eigenvalue weighted by Crippen LogP contribution is -1.93. The van der Waals surface area contributed by atoms with Crippen molar-refractivity contribution in [3.63, 3.8) is 0 Å². The predicted molar refractivity (Wildman–Crippen MR) is 71.9 cm³/mol. The molecular formula is C13H13N3OS. The summed E-state index contributed by atoms with van der Waals surface area (Å²) >= 11 is 1.54. The Morgan fingerprint density at radius 2 is 2.11 bits per heavy atom. The van der Waals surface area contributed by atoms with Crippen LogP contribution in [0.3, 0.4) is 0 Å². The molecule has 0 N–H and O–H groups in total. The fourth-order valence-corrected chi connectivity index (χ4v) is 2.44. The van der Waals surface area contributed by atoms with Crippen molar-refractivity contribution in [3.05, 3.63) is 41.5 Å². The van der Waals surface area contributed by atoms with Crippen LogP contribution in [0.2, 0.25) is 0 Å². The first-order valence-electron chi connectivity index (χ1n) is 5.74. The summed E-state index contributed by atoms with van der Waals surface area (Å²) in [6.45, 7) is 0.753. The van der Waals surface area contributed by atoms with Crippen LogP contribution in [0, 0.1) is 0 Å². The zero-order valence-electron chi connectivity index (χ0n) is 10.0. The molecule has 0 fully saturated rings. The van der Waals surface area contributed by atoms with Gasteiger partial charge in [0.15, 0.2) is 0 Å². The third kappa shape index (κ3) is 2.14.